The third-order valence-corrected chi connectivity index (χ3v) is 2.81. The van der Waals surface area contributed by atoms with Crippen LogP contribution in [0.15, 0.2) is 54.6 Å². The molecular weight excluding hydrogens is 254 g/mol. The summed E-state index contributed by atoms with van der Waals surface area (Å²) in [6.07, 6.45) is 0. The molecule has 0 aliphatic heterocycles. The molecule has 0 spiro atoms. The lowest BCUT2D eigenvalue weighted by atomic mass is 10.2. The highest BCUT2D eigenvalue weighted by molar-refractivity contribution is 7.80. The van der Waals surface area contributed by atoms with Crippen LogP contribution in [0, 0.1) is 11.3 Å². The van der Waals surface area contributed by atoms with Crippen LogP contribution in [0.3, 0.4) is 0 Å². The van der Waals surface area contributed by atoms with Gasteiger partial charge in [-0.1, -0.05) is 30.3 Å². The summed E-state index contributed by atoms with van der Waals surface area (Å²) in [5.74, 6) is 0. The van der Waals surface area contributed by atoms with E-state index in [1.54, 1.807) is 12.1 Å². The van der Waals surface area contributed by atoms with Gasteiger partial charge in [0.05, 0.1) is 11.6 Å². The molecule has 0 heterocycles. The van der Waals surface area contributed by atoms with Crippen molar-refractivity contribution in [2.24, 2.45) is 0 Å². The van der Waals surface area contributed by atoms with Crippen LogP contribution in [-0.2, 0) is 6.54 Å². The number of nitrogens with zero attached hydrogens (tertiary/aromatic N) is 1. The normalized spacial score (nSPS) is 9.42. The molecule has 2 aromatic rings. The first-order chi connectivity index (χ1) is 9.28. The Bertz CT molecular complexity index is 585. The lowest BCUT2D eigenvalue weighted by Gasteiger charge is -2.10. The third kappa shape index (κ3) is 4.09. The van der Waals surface area contributed by atoms with Crippen LogP contribution >= 0.6 is 12.2 Å². The Hall–Kier alpha value is -2.38. The molecule has 0 radical (unpaired) electrons. The van der Waals surface area contributed by atoms with Gasteiger partial charge in [0, 0.05) is 12.2 Å². The van der Waals surface area contributed by atoms with Gasteiger partial charge in [-0.25, -0.2) is 0 Å². The minimum atomic E-state index is 0.563. The van der Waals surface area contributed by atoms with Gasteiger partial charge in [0.2, 0.25) is 0 Å². The molecule has 19 heavy (non-hydrogen) atoms. The zero-order chi connectivity index (χ0) is 13.5. The van der Waals surface area contributed by atoms with E-state index >= 15 is 0 Å². The highest BCUT2D eigenvalue weighted by Gasteiger charge is 1.98. The molecule has 2 rings (SSSR count). The average Bonchev–Trinajstić information content (AvgIpc) is 2.47. The molecular formula is C15H13N3S. The van der Waals surface area contributed by atoms with Gasteiger partial charge < -0.3 is 10.6 Å². The first-order valence-electron chi connectivity index (χ1n) is 5.87. The number of nitriles is 1. The molecule has 0 amide bonds. The van der Waals surface area contributed by atoms with Crippen LogP contribution in [-0.4, -0.2) is 5.11 Å². The number of hydrogen-bond acceptors (Lipinski definition) is 2. The van der Waals surface area contributed by atoms with Gasteiger partial charge in [0.1, 0.15) is 0 Å². The van der Waals surface area contributed by atoms with E-state index in [9.17, 15) is 0 Å². The van der Waals surface area contributed by atoms with Crippen molar-refractivity contribution in [3.05, 3.63) is 65.7 Å². The maximum atomic E-state index is 8.71. The van der Waals surface area contributed by atoms with Crippen molar-refractivity contribution >= 4 is 23.0 Å². The second-order valence-electron chi connectivity index (χ2n) is 3.98. The van der Waals surface area contributed by atoms with E-state index in [1.807, 2.05) is 42.5 Å². The lowest BCUT2D eigenvalue weighted by molar-refractivity contribution is 0.926. The van der Waals surface area contributed by atoms with Crippen LogP contribution in [0.25, 0.3) is 0 Å². The molecule has 0 bridgehead atoms. The molecule has 2 N–H and O–H groups in total. The van der Waals surface area contributed by atoms with Crippen molar-refractivity contribution in [1.29, 1.82) is 5.26 Å². The van der Waals surface area contributed by atoms with E-state index in [1.165, 1.54) is 5.56 Å². The SMILES string of the molecule is N#Cc1ccc(NC(=S)NCc2ccccc2)cc1. The average molecular weight is 267 g/mol. The Morgan fingerprint density at radius 3 is 2.37 bits per heavy atom. The first kappa shape index (κ1) is 13.1. The highest BCUT2D eigenvalue weighted by Crippen LogP contribution is 2.08. The molecule has 0 aliphatic carbocycles. The monoisotopic (exact) mass is 267 g/mol. The van der Waals surface area contributed by atoms with E-state index in [0.717, 1.165) is 5.69 Å². The lowest BCUT2D eigenvalue weighted by Crippen LogP contribution is -2.27. The second-order valence-corrected chi connectivity index (χ2v) is 4.39. The van der Waals surface area contributed by atoms with Crippen molar-refractivity contribution < 1.29 is 0 Å². The van der Waals surface area contributed by atoms with Gasteiger partial charge in [0.25, 0.3) is 0 Å². The molecule has 0 saturated heterocycles. The summed E-state index contributed by atoms with van der Waals surface area (Å²) in [5.41, 5.74) is 2.67. The van der Waals surface area contributed by atoms with Gasteiger partial charge >= 0.3 is 0 Å². The Morgan fingerprint density at radius 1 is 1.05 bits per heavy atom. The molecule has 4 heteroatoms. The van der Waals surface area contributed by atoms with Gasteiger partial charge in [-0.05, 0) is 42.0 Å². The summed E-state index contributed by atoms with van der Waals surface area (Å²) >= 11 is 5.21. The van der Waals surface area contributed by atoms with Crippen LogP contribution in [0.5, 0.6) is 0 Å². The Labute approximate surface area is 117 Å². The fourth-order valence-corrected chi connectivity index (χ4v) is 1.77. The van der Waals surface area contributed by atoms with Gasteiger partial charge in [-0.2, -0.15) is 5.26 Å². The molecule has 2 aromatic carbocycles. The smallest absolute Gasteiger partial charge is 0.171 e. The number of nitrogens with one attached hydrogen (secondary N) is 2. The minimum Gasteiger partial charge on any atom is -0.358 e. The number of benzene rings is 2. The molecule has 3 nitrogen and oxygen atoms in total. The van der Waals surface area contributed by atoms with E-state index < -0.39 is 0 Å². The number of anilines is 1. The number of rotatable bonds is 3. The predicted octanol–water partition coefficient (Wildman–Crippen LogP) is 3.04. The van der Waals surface area contributed by atoms with Gasteiger partial charge in [-0.3, -0.25) is 0 Å². The molecule has 0 aromatic heterocycles. The zero-order valence-corrected chi connectivity index (χ0v) is 11.1. The molecule has 94 valence electrons. The Morgan fingerprint density at radius 2 is 1.74 bits per heavy atom. The number of hydrogen-bond donors (Lipinski definition) is 2. The second kappa shape index (κ2) is 6.53. The summed E-state index contributed by atoms with van der Waals surface area (Å²) in [7, 11) is 0. The fraction of sp³-hybridized carbons (Fsp3) is 0.0667. The fourth-order valence-electron chi connectivity index (χ4n) is 1.58. The van der Waals surface area contributed by atoms with Crippen LogP contribution in [0.1, 0.15) is 11.1 Å². The first-order valence-corrected chi connectivity index (χ1v) is 6.28. The van der Waals surface area contributed by atoms with Crippen LogP contribution in [0.2, 0.25) is 0 Å². The number of thiocarbonyl (C=S) groups is 1. The van der Waals surface area contributed by atoms with Gasteiger partial charge in [-0.15, -0.1) is 0 Å². The molecule has 0 fully saturated rings. The van der Waals surface area contributed by atoms with Crippen molar-refractivity contribution in [3.63, 3.8) is 0 Å². The van der Waals surface area contributed by atoms with Crippen LogP contribution < -0.4 is 10.6 Å². The quantitative estimate of drug-likeness (QED) is 0.839. The van der Waals surface area contributed by atoms with Crippen molar-refractivity contribution in [3.8, 4) is 6.07 Å². The molecule has 0 saturated carbocycles. The minimum absolute atomic E-state index is 0.563. The highest BCUT2D eigenvalue weighted by atomic mass is 32.1. The maximum absolute atomic E-state index is 8.71. The van der Waals surface area contributed by atoms with E-state index in [4.69, 9.17) is 17.5 Å². The largest absolute Gasteiger partial charge is 0.358 e. The van der Waals surface area contributed by atoms with Crippen molar-refractivity contribution in [2.75, 3.05) is 5.32 Å². The molecule has 0 aliphatic rings. The third-order valence-electron chi connectivity index (χ3n) is 2.57. The topological polar surface area (TPSA) is 47.9 Å². The Balaban J connectivity index is 1.86. The van der Waals surface area contributed by atoms with Crippen molar-refractivity contribution in [1.82, 2.24) is 5.32 Å². The summed E-state index contributed by atoms with van der Waals surface area (Å²) in [6.45, 7) is 0.683. The predicted molar refractivity (Wildman–Crippen MR) is 80.7 cm³/mol. The summed E-state index contributed by atoms with van der Waals surface area (Å²) in [4.78, 5) is 0. The standard InChI is InChI=1S/C15H13N3S/c16-10-12-6-8-14(9-7-12)18-15(19)17-11-13-4-2-1-3-5-13/h1-9H,11H2,(H2,17,18,19). The zero-order valence-electron chi connectivity index (χ0n) is 10.3. The van der Waals surface area contributed by atoms with Crippen LogP contribution in [0.4, 0.5) is 5.69 Å². The van der Waals surface area contributed by atoms with Gasteiger partial charge in [0.15, 0.2) is 5.11 Å². The Kier molecular flexibility index (Phi) is 4.49. The van der Waals surface area contributed by atoms with Crippen molar-refractivity contribution in [2.45, 2.75) is 6.54 Å². The summed E-state index contributed by atoms with van der Waals surface area (Å²) < 4.78 is 0. The molecule has 0 atom stereocenters. The van der Waals surface area contributed by atoms with E-state index in [-0.39, 0.29) is 0 Å². The summed E-state index contributed by atoms with van der Waals surface area (Å²) in [6, 6.07) is 19.3. The van der Waals surface area contributed by atoms with E-state index in [0.29, 0.717) is 17.2 Å². The summed E-state index contributed by atoms with van der Waals surface area (Å²) in [5, 5.41) is 15.5. The van der Waals surface area contributed by atoms with E-state index in [2.05, 4.69) is 16.7 Å². The maximum Gasteiger partial charge on any atom is 0.171 e. The molecule has 0 unspecified atom stereocenters.